The van der Waals surface area contributed by atoms with Gasteiger partial charge in [-0.2, -0.15) is 5.10 Å². The van der Waals surface area contributed by atoms with Crippen molar-refractivity contribution in [1.82, 2.24) is 19.8 Å². The molecule has 0 fully saturated rings. The zero-order chi connectivity index (χ0) is 6.97. The summed E-state index contributed by atoms with van der Waals surface area (Å²) in [6.45, 7) is 0.622. The van der Waals surface area contributed by atoms with Crippen LogP contribution in [0, 0.1) is 0 Å². The van der Waals surface area contributed by atoms with Crippen molar-refractivity contribution in [2.24, 2.45) is 5.84 Å². The Morgan fingerprint density at radius 1 is 1.50 bits per heavy atom. The van der Waals surface area contributed by atoms with E-state index in [0.29, 0.717) is 6.54 Å². The van der Waals surface area contributed by atoms with Gasteiger partial charge in [0.2, 0.25) is 0 Å². The van der Waals surface area contributed by atoms with Gasteiger partial charge in [0.1, 0.15) is 6.33 Å². The van der Waals surface area contributed by atoms with Crippen molar-refractivity contribution in [1.29, 1.82) is 0 Å². The molecule has 5 heteroatoms. The summed E-state index contributed by atoms with van der Waals surface area (Å²) in [5, 5.41) is 5.49. The average Bonchev–Trinajstić information content (AvgIpc) is 2.33. The zero-order valence-electron chi connectivity index (χ0n) is 5.31. The normalized spacial score (nSPS) is 15.5. The van der Waals surface area contributed by atoms with Crippen LogP contribution in [0.2, 0.25) is 0 Å². The molecule has 0 radical (unpaired) electrons. The highest BCUT2D eigenvalue weighted by molar-refractivity contribution is 5.23. The third-order valence-electron chi connectivity index (χ3n) is 1.37. The van der Waals surface area contributed by atoms with Crippen molar-refractivity contribution in [3.63, 3.8) is 0 Å². The van der Waals surface area contributed by atoms with Crippen LogP contribution < -0.4 is 5.84 Å². The van der Waals surface area contributed by atoms with Gasteiger partial charge >= 0.3 is 0 Å². The highest BCUT2D eigenvalue weighted by Gasteiger charge is 2.07. The highest BCUT2D eigenvalue weighted by atomic mass is 15.4. The number of rotatable bonds is 0. The van der Waals surface area contributed by atoms with Crippen molar-refractivity contribution in [2.45, 2.75) is 6.54 Å². The second-order valence-electron chi connectivity index (χ2n) is 2.09. The Hall–Kier alpha value is -1.36. The van der Waals surface area contributed by atoms with Crippen LogP contribution in [0.1, 0.15) is 5.82 Å². The Morgan fingerprint density at radius 2 is 2.40 bits per heavy atom. The molecule has 0 unspecified atom stereocenters. The molecule has 1 aromatic rings. The van der Waals surface area contributed by atoms with E-state index in [9.17, 15) is 0 Å². The first-order valence-electron chi connectivity index (χ1n) is 2.94. The van der Waals surface area contributed by atoms with Gasteiger partial charge in [0.25, 0.3) is 0 Å². The van der Waals surface area contributed by atoms with Gasteiger partial charge in [-0.25, -0.2) is 15.5 Å². The maximum atomic E-state index is 5.47. The van der Waals surface area contributed by atoms with Crippen molar-refractivity contribution >= 4 is 6.20 Å². The van der Waals surface area contributed by atoms with Crippen LogP contribution in [0.3, 0.4) is 0 Å². The Morgan fingerprint density at radius 3 is 3.30 bits per heavy atom. The molecule has 0 aliphatic carbocycles. The van der Waals surface area contributed by atoms with Gasteiger partial charge in [0.15, 0.2) is 5.82 Å². The van der Waals surface area contributed by atoms with Gasteiger partial charge in [0, 0.05) is 12.4 Å². The Balaban J connectivity index is 2.43. The second-order valence-corrected chi connectivity index (χ2v) is 2.09. The van der Waals surface area contributed by atoms with Gasteiger partial charge < -0.3 is 5.01 Å². The molecule has 52 valence electrons. The van der Waals surface area contributed by atoms with Gasteiger partial charge in [-0.15, -0.1) is 0 Å². The van der Waals surface area contributed by atoms with E-state index in [0.717, 1.165) is 5.82 Å². The third kappa shape index (κ3) is 0.679. The fraction of sp³-hybridized carbons (Fsp3) is 0.200. The summed E-state index contributed by atoms with van der Waals surface area (Å²) in [6.07, 6.45) is 5.03. The molecule has 0 aromatic carbocycles. The van der Waals surface area contributed by atoms with E-state index in [-0.39, 0.29) is 0 Å². The lowest BCUT2D eigenvalue weighted by atomic mass is 10.5. The van der Waals surface area contributed by atoms with E-state index in [1.165, 1.54) is 6.33 Å². The van der Waals surface area contributed by atoms with Crippen molar-refractivity contribution < 1.29 is 0 Å². The van der Waals surface area contributed by atoms with Crippen LogP contribution in [-0.4, -0.2) is 19.8 Å². The van der Waals surface area contributed by atoms with Crippen LogP contribution in [0.25, 0.3) is 6.20 Å². The maximum absolute atomic E-state index is 5.47. The Bertz CT molecular complexity index is 263. The van der Waals surface area contributed by atoms with E-state index in [1.54, 1.807) is 22.1 Å². The molecule has 1 aromatic heterocycles. The van der Waals surface area contributed by atoms with Crippen LogP contribution >= 0.6 is 0 Å². The Labute approximate surface area is 57.7 Å². The predicted molar refractivity (Wildman–Crippen MR) is 35.1 cm³/mol. The standard InChI is InChI=1S/C5H7N5/c6-9-1-2-10-5(3-9)7-4-8-10/h1-2,4H,3,6H2. The molecular weight excluding hydrogens is 130 g/mol. The number of hydrogen-bond acceptors (Lipinski definition) is 4. The van der Waals surface area contributed by atoms with Gasteiger partial charge in [-0.05, 0) is 0 Å². The lowest BCUT2D eigenvalue weighted by molar-refractivity contribution is 0.362. The van der Waals surface area contributed by atoms with E-state index >= 15 is 0 Å². The molecule has 0 saturated heterocycles. The summed E-state index contributed by atoms with van der Waals surface area (Å²) in [5.41, 5.74) is 0. The topological polar surface area (TPSA) is 60.0 Å². The summed E-state index contributed by atoms with van der Waals surface area (Å²) in [6, 6.07) is 0. The number of fused-ring (bicyclic) bond motifs is 1. The third-order valence-corrected chi connectivity index (χ3v) is 1.37. The second kappa shape index (κ2) is 1.81. The SMILES string of the molecule is NN1C=Cn2ncnc2C1. The van der Waals surface area contributed by atoms with Crippen molar-refractivity contribution in [2.75, 3.05) is 0 Å². The number of hydrogen-bond donors (Lipinski definition) is 1. The summed E-state index contributed by atoms with van der Waals surface area (Å²) >= 11 is 0. The zero-order valence-corrected chi connectivity index (χ0v) is 5.31. The minimum atomic E-state index is 0.622. The molecule has 5 nitrogen and oxygen atoms in total. The van der Waals surface area contributed by atoms with E-state index in [4.69, 9.17) is 5.84 Å². The van der Waals surface area contributed by atoms with Crippen LogP contribution in [-0.2, 0) is 6.54 Å². The lowest BCUT2D eigenvalue weighted by Crippen LogP contribution is -2.28. The van der Waals surface area contributed by atoms with E-state index < -0.39 is 0 Å². The quantitative estimate of drug-likeness (QED) is 0.485. The monoisotopic (exact) mass is 137 g/mol. The van der Waals surface area contributed by atoms with Gasteiger partial charge in [-0.3, -0.25) is 0 Å². The summed E-state index contributed by atoms with van der Waals surface area (Å²) in [4.78, 5) is 3.99. The molecule has 1 aliphatic rings. The maximum Gasteiger partial charge on any atom is 0.152 e. The molecular formula is C5H7N5. The van der Waals surface area contributed by atoms with E-state index in [2.05, 4.69) is 10.1 Å². The summed E-state index contributed by atoms with van der Waals surface area (Å²) < 4.78 is 1.70. The molecule has 0 saturated carbocycles. The van der Waals surface area contributed by atoms with Crippen molar-refractivity contribution in [3.8, 4) is 0 Å². The Kier molecular flexibility index (Phi) is 0.983. The molecule has 2 rings (SSSR count). The largest absolute Gasteiger partial charge is 0.309 e. The smallest absolute Gasteiger partial charge is 0.152 e. The molecule has 2 heterocycles. The molecule has 0 spiro atoms. The molecule has 0 atom stereocenters. The summed E-state index contributed by atoms with van der Waals surface area (Å²) in [5.74, 6) is 6.34. The van der Waals surface area contributed by atoms with Crippen LogP contribution in [0.4, 0.5) is 0 Å². The molecule has 0 amide bonds. The average molecular weight is 137 g/mol. The van der Waals surface area contributed by atoms with Gasteiger partial charge in [-0.1, -0.05) is 0 Å². The summed E-state index contributed by atoms with van der Waals surface area (Å²) in [7, 11) is 0. The molecule has 10 heavy (non-hydrogen) atoms. The number of aromatic nitrogens is 3. The first-order valence-corrected chi connectivity index (χ1v) is 2.94. The minimum absolute atomic E-state index is 0.622. The number of nitrogens with zero attached hydrogens (tertiary/aromatic N) is 4. The number of hydrazine groups is 1. The predicted octanol–water partition coefficient (Wildman–Crippen LogP) is -0.604. The number of nitrogens with two attached hydrogens (primary N) is 1. The minimum Gasteiger partial charge on any atom is -0.309 e. The first kappa shape index (κ1) is 5.43. The van der Waals surface area contributed by atoms with Gasteiger partial charge in [0.05, 0.1) is 6.54 Å². The fourth-order valence-electron chi connectivity index (χ4n) is 0.876. The molecule has 1 aliphatic heterocycles. The van der Waals surface area contributed by atoms with Crippen LogP contribution in [0.15, 0.2) is 12.5 Å². The fourth-order valence-corrected chi connectivity index (χ4v) is 0.876. The van der Waals surface area contributed by atoms with Crippen LogP contribution in [0.5, 0.6) is 0 Å². The first-order chi connectivity index (χ1) is 4.86. The van der Waals surface area contributed by atoms with Crippen molar-refractivity contribution in [3.05, 3.63) is 18.4 Å². The lowest BCUT2D eigenvalue weighted by Gasteiger charge is -2.16. The molecule has 0 bridgehead atoms. The highest BCUT2D eigenvalue weighted by Crippen LogP contribution is 2.03. The molecule has 2 N–H and O–H groups in total. The van der Waals surface area contributed by atoms with E-state index in [1.807, 2.05) is 0 Å².